The molecule has 0 bridgehead atoms. The number of rotatable bonds is 8. The second-order valence-corrected chi connectivity index (χ2v) is 9.46. The Labute approximate surface area is 184 Å². The fourth-order valence-corrected chi connectivity index (χ4v) is 3.89. The Hall–Kier alpha value is -0.300. The van der Waals surface area contributed by atoms with Crippen LogP contribution in [0.25, 0.3) is 0 Å². The zero-order chi connectivity index (χ0) is 20.7. The van der Waals surface area contributed by atoms with E-state index >= 15 is 0 Å². The van der Waals surface area contributed by atoms with Gasteiger partial charge < -0.3 is 10.6 Å². The molecule has 0 aromatic carbocycles. The Kier molecular flexibility index (Phi) is 12.3. The Morgan fingerprint density at radius 2 is 1.75 bits per heavy atom. The van der Waals surface area contributed by atoms with Gasteiger partial charge in [-0.15, -0.1) is 24.0 Å². The van der Waals surface area contributed by atoms with Crippen LogP contribution in [-0.2, 0) is 10.0 Å². The van der Waals surface area contributed by atoms with E-state index in [4.69, 9.17) is 0 Å². The molecule has 0 amide bonds. The Balaban J connectivity index is 0.00000729. The highest BCUT2D eigenvalue weighted by Gasteiger charge is 2.50. The lowest BCUT2D eigenvalue weighted by molar-refractivity contribution is -0.0496. The summed E-state index contributed by atoms with van der Waals surface area (Å²) in [4.78, 5) is 4.54. The molecule has 0 radical (unpaired) electrons. The van der Waals surface area contributed by atoms with E-state index in [1.54, 1.807) is 0 Å². The highest BCUT2D eigenvalue weighted by Crippen LogP contribution is 2.30. The van der Waals surface area contributed by atoms with Gasteiger partial charge in [0.15, 0.2) is 5.96 Å². The summed E-state index contributed by atoms with van der Waals surface area (Å²) in [5, 5.41) is 6.53. The summed E-state index contributed by atoms with van der Waals surface area (Å²) in [5.74, 6) is 1.40. The third kappa shape index (κ3) is 9.02. The Morgan fingerprint density at radius 3 is 2.21 bits per heavy atom. The molecule has 1 heterocycles. The average molecular weight is 542 g/mol. The average Bonchev–Trinajstić information content (AvgIpc) is 2.57. The van der Waals surface area contributed by atoms with Gasteiger partial charge in [0.2, 0.25) is 0 Å². The zero-order valence-corrected chi connectivity index (χ0v) is 20.2. The normalized spacial score (nSPS) is 18.6. The maximum absolute atomic E-state index is 12.6. The zero-order valence-electron chi connectivity index (χ0n) is 17.1. The number of piperidine rings is 1. The first-order chi connectivity index (χ1) is 12.5. The second kappa shape index (κ2) is 12.4. The number of alkyl halides is 3. The van der Waals surface area contributed by atoms with Gasteiger partial charge in [-0.3, -0.25) is 4.99 Å². The van der Waals surface area contributed by atoms with Gasteiger partial charge in [0, 0.05) is 32.2 Å². The standard InChI is InChI=1S/C17H33F3N4O2S.HI/c1-5-21-16(23-14(4)7-6-13(2)3)22-12-15-8-10-24(11-9-15)27(25,26)17(18,19)20;/h13-15H,5-12H2,1-4H3,(H2,21,22,23);1H. The molecule has 1 unspecified atom stereocenters. The molecular formula is C17H34F3IN4O2S. The van der Waals surface area contributed by atoms with Crippen LogP contribution in [0.5, 0.6) is 0 Å². The van der Waals surface area contributed by atoms with E-state index in [9.17, 15) is 21.6 Å². The van der Waals surface area contributed by atoms with E-state index in [1.807, 2.05) is 6.92 Å². The van der Waals surface area contributed by atoms with Gasteiger partial charge >= 0.3 is 15.5 Å². The molecule has 6 nitrogen and oxygen atoms in total. The monoisotopic (exact) mass is 542 g/mol. The second-order valence-electron chi connectivity index (χ2n) is 7.53. The van der Waals surface area contributed by atoms with E-state index in [0.717, 1.165) is 12.8 Å². The van der Waals surface area contributed by atoms with Crippen LogP contribution in [0.15, 0.2) is 4.99 Å². The number of hydrogen-bond acceptors (Lipinski definition) is 3. The van der Waals surface area contributed by atoms with Gasteiger partial charge in [-0.25, -0.2) is 8.42 Å². The molecule has 1 saturated heterocycles. The van der Waals surface area contributed by atoms with E-state index in [1.165, 1.54) is 0 Å². The van der Waals surface area contributed by atoms with Crippen molar-refractivity contribution in [2.24, 2.45) is 16.8 Å². The van der Waals surface area contributed by atoms with E-state index < -0.39 is 15.5 Å². The van der Waals surface area contributed by atoms with Gasteiger partial charge in [-0.1, -0.05) is 13.8 Å². The van der Waals surface area contributed by atoms with Gasteiger partial charge in [0.1, 0.15) is 0 Å². The molecule has 1 aliphatic heterocycles. The summed E-state index contributed by atoms with van der Waals surface area (Å²) in [6, 6.07) is 0.268. The molecule has 1 fully saturated rings. The minimum Gasteiger partial charge on any atom is -0.357 e. The SMILES string of the molecule is CCNC(=NCC1CCN(S(=O)(=O)C(F)(F)F)CC1)NC(C)CCC(C)C.I. The van der Waals surface area contributed by atoms with Gasteiger partial charge in [-0.05, 0) is 51.4 Å². The van der Waals surface area contributed by atoms with Crippen molar-refractivity contribution >= 4 is 40.0 Å². The quantitative estimate of drug-likeness (QED) is 0.280. The third-order valence-corrected chi connectivity index (χ3v) is 6.25. The Bertz CT molecular complexity index is 577. The third-order valence-electron chi connectivity index (χ3n) is 4.62. The number of guanidine groups is 1. The molecule has 1 rings (SSSR count). The summed E-state index contributed by atoms with van der Waals surface area (Å²) in [7, 11) is -5.22. The number of nitrogens with zero attached hydrogens (tertiary/aromatic N) is 2. The van der Waals surface area contributed by atoms with E-state index in [0.29, 0.717) is 42.1 Å². The maximum atomic E-state index is 12.6. The van der Waals surface area contributed by atoms with Gasteiger partial charge in [0.05, 0.1) is 0 Å². The van der Waals surface area contributed by atoms with Gasteiger partial charge in [0.25, 0.3) is 0 Å². The van der Waals surface area contributed by atoms with E-state index in [2.05, 4.69) is 36.4 Å². The van der Waals surface area contributed by atoms with Crippen molar-refractivity contribution in [3.05, 3.63) is 0 Å². The highest BCUT2D eigenvalue weighted by atomic mass is 127. The number of halogens is 4. The molecule has 1 aliphatic rings. The lowest BCUT2D eigenvalue weighted by Gasteiger charge is -2.31. The summed E-state index contributed by atoms with van der Waals surface area (Å²) in [5.41, 5.74) is -5.23. The van der Waals surface area contributed by atoms with Crippen molar-refractivity contribution in [3.63, 3.8) is 0 Å². The molecule has 0 spiro atoms. The molecule has 1 atom stereocenters. The molecule has 0 aromatic rings. The minimum atomic E-state index is -5.23. The molecule has 11 heteroatoms. The molecule has 0 aliphatic carbocycles. The summed E-state index contributed by atoms with van der Waals surface area (Å²) in [6.45, 7) is 9.37. The van der Waals surface area contributed by atoms with Crippen LogP contribution in [0.2, 0.25) is 0 Å². The largest absolute Gasteiger partial charge is 0.511 e. The van der Waals surface area contributed by atoms with Crippen molar-refractivity contribution in [2.45, 2.75) is 64.9 Å². The molecule has 2 N–H and O–H groups in total. The van der Waals surface area contributed by atoms with Crippen LogP contribution in [0.3, 0.4) is 0 Å². The maximum Gasteiger partial charge on any atom is 0.511 e. The number of aliphatic imine (C=N–C) groups is 1. The molecule has 28 heavy (non-hydrogen) atoms. The van der Waals surface area contributed by atoms with Crippen LogP contribution in [-0.4, -0.2) is 56.4 Å². The first kappa shape index (κ1) is 27.7. The van der Waals surface area contributed by atoms with Crippen LogP contribution in [0.1, 0.15) is 53.4 Å². The van der Waals surface area contributed by atoms with Crippen molar-refractivity contribution in [3.8, 4) is 0 Å². The smallest absolute Gasteiger partial charge is 0.357 e. The fraction of sp³-hybridized carbons (Fsp3) is 0.941. The lowest BCUT2D eigenvalue weighted by Crippen LogP contribution is -2.45. The number of nitrogens with one attached hydrogen (secondary N) is 2. The van der Waals surface area contributed by atoms with Crippen molar-refractivity contribution in [1.29, 1.82) is 0 Å². The highest BCUT2D eigenvalue weighted by molar-refractivity contribution is 14.0. The predicted octanol–water partition coefficient (Wildman–Crippen LogP) is 3.55. The molecule has 0 saturated carbocycles. The van der Waals surface area contributed by atoms with Crippen LogP contribution in [0, 0.1) is 11.8 Å². The number of sulfonamides is 1. The van der Waals surface area contributed by atoms with Crippen molar-refractivity contribution in [1.82, 2.24) is 14.9 Å². The van der Waals surface area contributed by atoms with Crippen LogP contribution >= 0.6 is 24.0 Å². The van der Waals surface area contributed by atoms with Crippen molar-refractivity contribution in [2.75, 3.05) is 26.2 Å². The first-order valence-corrected chi connectivity index (χ1v) is 11.0. The van der Waals surface area contributed by atoms with Crippen LogP contribution in [0.4, 0.5) is 13.2 Å². The summed E-state index contributed by atoms with van der Waals surface area (Å²) >= 11 is 0. The topological polar surface area (TPSA) is 73.8 Å². The number of hydrogen-bond donors (Lipinski definition) is 2. The predicted molar refractivity (Wildman–Crippen MR) is 117 cm³/mol. The fourth-order valence-electron chi connectivity index (χ4n) is 2.91. The summed E-state index contributed by atoms with van der Waals surface area (Å²) < 4.78 is 61.3. The lowest BCUT2D eigenvalue weighted by atomic mass is 9.98. The molecule has 168 valence electrons. The minimum absolute atomic E-state index is 0. The first-order valence-electron chi connectivity index (χ1n) is 9.58. The summed E-state index contributed by atoms with van der Waals surface area (Å²) in [6.07, 6.45) is 2.89. The van der Waals surface area contributed by atoms with Crippen molar-refractivity contribution < 1.29 is 21.6 Å². The molecular weight excluding hydrogens is 508 g/mol. The van der Waals surface area contributed by atoms with Gasteiger partial charge in [-0.2, -0.15) is 17.5 Å². The Morgan fingerprint density at radius 1 is 1.18 bits per heavy atom. The van der Waals surface area contributed by atoms with Crippen LogP contribution < -0.4 is 10.6 Å². The molecule has 0 aromatic heterocycles. The van der Waals surface area contributed by atoms with E-state index in [-0.39, 0.29) is 49.0 Å².